The van der Waals surface area contributed by atoms with E-state index in [1.165, 1.54) is 0 Å². The Kier molecular flexibility index (Phi) is 7.18. The second kappa shape index (κ2) is 8.63. The Morgan fingerprint density at radius 2 is 1.95 bits per heavy atom. The highest BCUT2D eigenvalue weighted by Gasteiger charge is 2.11. The molecule has 1 rings (SSSR count). The van der Waals surface area contributed by atoms with Crippen LogP contribution in [-0.2, 0) is 9.59 Å². The summed E-state index contributed by atoms with van der Waals surface area (Å²) in [5.74, 6) is -0.271. The quantitative estimate of drug-likeness (QED) is 0.645. The van der Waals surface area contributed by atoms with Crippen LogP contribution < -0.4 is 16.4 Å². The molecule has 2 amide bonds. The molecule has 0 bridgehead atoms. The smallest absolute Gasteiger partial charge is 0.238 e. The Balaban J connectivity index is 2.44. The average Bonchev–Trinajstić information content (AvgIpc) is 2.39. The number of likely N-dealkylation sites (N-methyl/N-ethyl adjacent to an activating group) is 1. The number of nitrogens with two attached hydrogens (primary N) is 1. The number of nitrogen functional groups attached to an aromatic ring is 1. The van der Waals surface area contributed by atoms with Gasteiger partial charge in [0.15, 0.2) is 0 Å². The Morgan fingerprint density at radius 1 is 1.29 bits per heavy atom. The Labute approximate surface area is 133 Å². The lowest BCUT2D eigenvalue weighted by Crippen LogP contribution is -2.39. The van der Waals surface area contributed by atoms with E-state index in [-0.39, 0.29) is 24.9 Å². The van der Waals surface area contributed by atoms with Gasteiger partial charge in [0.1, 0.15) is 0 Å². The predicted octanol–water partition coefficient (Wildman–Crippen LogP) is 1.43. The molecule has 0 aliphatic heterocycles. The summed E-state index contributed by atoms with van der Waals surface area (Å²) in [5, 5.41) is 5.54. The number of hydrogen-bond acceptors (Lipinski definition) is 4. The number of rotatable bonds is 7. The third kappa shape index (κ3) is 6.59. The van der Waals surface area contributed by atoms with Crippen molar-refractivity contribution < 1.29 is 9.59 Å². The molecule has 7 heteroatoms. The maximum absolute atomic E-state index is 11.9. The highest BCUT2D eigenvalue weighted by Crippen LogP contribution is 2.24. The first-order valence-corrected chi connectivity index (χ1v) is 7.51. The van der Waals surface area contributed by atoms with Crippen LogP contribution in [0.15, 0.2) is 22.7 Å². The summed E-state index contributed by atoms with van der Waals surface area (Å²) >= 11 is 3.34. The number of nitrogens with zero attached hydrogens (tertiary/aromatic N) is 1. The normalized spacial score (nSPS) is 10.5. The van der Waals surface area contributed by atoms with E-state index in [1.807, 2.05) is 6.92 Å². The molecule has 0 saturated carbocycles. The zero-order chi connectivity index (χ0) is 15.8. The first-order chi connectivity index (χ1) is 9.92. The first kappa shape index (κ1) is 17.5. The maximum Gasteiger partial charge on any atom is 0.238 e. The van der Waals surface area contributed by atoms with Gasteiger partial charge in [-0.1, -0.05) is 6.92 Å². The number of halogens is 1. The molecule has 6 nitrogen and oxygen atoms in total. The molecule has 0 radical (unpaired) electrons. The fraction of sp³-hybridized carbons (Fsp3) is 0.429. The largest absolute Gasteiger partial charge is 0.399 e. The van der Waals surface area contributed by atoms with Gasteiger partial charge in [0, 0.05) is 16.7 Å². The van der Waals surface area contributed by atoms with E-state index in [0.29, 0.717) is 17.9 Å². The van der Waals surface area contributed by atoms with E-state index in [1.54, 1.807) is 30.1 Å². The molecule has 0 atom stereocenters. The van der Waals surface area contributed by atoms with Crippen LogP contribution >= 0.6 is 15.9 Å². The predicted molar refractivity (Wildman–Crippen MR) is 88.0 cm³/mol. The summed E-state index contributed by atoms with van der Waals surface area (Å²) in [6.45, 7) is 2.96. The van der Waals surface area contributed by atoms with E-state index in [0.717, 1.165) is 10.9 Å². The van der Waals surface area contributed by atoms with Gasteiger partial charge in [-0.05, 0) is 47.6 Å². The third-order valence-electron chi connectivity index (χ3n) is 2.67. The van der Waals surface area contributed by atoms with Crippen LogP contribution in [0, 0.1) is 0 Å². The molecule has 116 valence electrons. The number of carbonyl (C=O) groups excluding carboxylic acids is 2. The summed E-state index contributed by atoms with van der Waals surface area (Å²) in [4.78, 5) is 25.1. The molecule has 0 fully saturated rings. The van der Waals surface area contributed by atoms with Crippen molar-refractivity contribution in [2.75, 3.05) is 37.7 Å². The first-order valence-electron chi connectivity index (χ1n) is 6.72. The van der Waals surface area contributed by atoms with Crippen molar-refractivity contribution in [3.8, 4) is 0 Å². The van der Waals surface area contributed by atoms with Crippen LogP contribution in [0.3, 0.4) is 0 Å². The molecule has 4 N–H and O–H groups in total. The van der Waals surface area contributed by atoms with Crippen LogP contribution in [0.5, 0.6) is 0 Å². The lowest BCUT2D eigenvalue weighted by molar-refractivity contribution is -0.122. The summed E-state index contributed by atoms with van der Waals surface area (Å²) in [6.07, 6.45) is 0.890. The van der Waals surface area contributed by atoms with Crippen molar-refractivity contribution in [2.45, 2.75) is 13.3 Å². The average molecular weight is 357 g/mol. The Morgan fingerprint density at radius 3 is 2.57 bits per heavy atom. The van der Waals surface area contributed by atoms with Gasteiger partial charge in [0.25, 0.3) is 0 Å². The molecule has 0 unspecified atom stereocenters. The van der Waals surface area contributed by atoms with Crippen molar-refractivity contribution in [3.05, 3.63) is 22.7 Å². The molecular weight excluding hydrogens is 336 g/mol. The minimum Gasteiger partial charge on any atom is -0.399 e. The maximum atomic E-state index is 11.9. The number of hydrogen-bond donors (Lipinski definition) is 3. The summed E-state index contributed by atoms with van der Waals surface area (Å²) in [7, 11) is 1.73. The number of anilines is 2. The number of benzene rings is 1. The Hall–Kier alpha value is -1.60. The fourth-order valence-corrected chi connectivity index (χ4v) is 2.18. The number of amides is 2. The zero-order valence-electron chi connectivity index (χ0n) is 12.3. The second-order valence-corrected chi connectivity index (χ2v) is 5.66. The Bertz CT molecular complexity index is 508. The van der Waals surface area contributed by atoms with E-state index in [2.05, 4.69) is 26.6 Å². The molecule has 1 aromatic carbocycles. The standard InChI is InChI=1S/C14H21BrN4O2/c1-3-6-17-13(20)8-19(2)9-14(21)18-12-5-4-10(16)7-11(12)15/h4-5,7H,3,6,8-9,16H2,1-2H3,(H,17,20)(H,18,21). The van der Waals surface area contributed by atoms with Gasteiger partial charge in [0.05, 0.1) is 18.8 Å². The van der Waals surface area contributed by atoms with Crippen LogP contribution in [0.25, 0.3) is 0 Å². The van der Waals surface area contributed by atoms with Crippen LogP contribution in [0.1, 0.15) is 13.3 Å². The summed E-state index contributed by atoms with van der Waals surface area (Å²) in [5.41, 5.74) is 6.90. The fourth-order valence-electron chi connectivity index (χ4n) is 1.69. The van der Waals surface area contributed by atoms with Crippen molar-refractivity contribution in [1.82, 2.24) is 10.2 Å². The third-order valence-corrected chi connectivity index (χ3v) is 3.32. The van der Waals surface area contributed by atoms with Gasteiger partial charge < -0.3 is 16.4 Å². The molecule has 0 aromatic heterocycles. The van der Waals surface area contributed by atoms with Gasteiger partial charge in [-0.3, -0.25) is 14.5 Å². The monoisotopic (exact) mass is 356 g/mol. The molecule has 0 heterocycles. The molecule has 0 aliphatic carbocycles. The van der Waals surface area contributed by atoms with Gasteiger partial charge >= 0.3 is 0 Å². The summed E-state index contributed by atoms with van der Waals surface area (Å²) in [6, 6.07) is 5.16. The molecule has 21 heavy (non-hydrogen) atoms. The number of carbonyl (C=O) groups is 2. The zero-order valence-corrected chi connectivity index (χ0v) is 13.9. The molecule has 0 aliphatic rings. The van der Waals surface area contributed by atoms with Gasteiger partial charge in [-0.15, -0.1) is 0 Å². The summed E-state index contributed by atoms with van der Waals surface area (Å²) < 4.78 is 0.721. The molecule has 0 saturated heterocycles. The van der Waals surface area contributed by atoms with Crippen molar-refractivity contribution in [3.63, 3.8) is 0 Å². The lowest BCUT2D eigenvalue weighted by atomic mass is 10.3. The number of nitrogens with one attached hydrogen (secondary N) is 2. The molecule has 0 spiro atoms. The van der Waals surface area contributed by atoms with E-state index >= 15 is 0 Å². The van der Waals surface area contributed by atoms with E-state index in [4.69, 9.17) is 5.73 Å². The van der Waals surface area contributed by atoms with E-state index in [9.17, 15) is 9.59 Å². The van der Waals surface area contributed by atoms with Crippen molar-refractivity contribution in [2.24, 2.45) is 0 Å². The topological polar surface area (TPSA) is 87.5 Å². The molecular formula is C14H21BrN4O2. The van der Waals surface area contributed by atoms with Crippen molar-refractivity contribution in [1.29, 1.82) is 0 Å². The second-order valence-electron chi connectivity index (χ2n) is 4.81. The van der Waals surface area contributed by atoms with Gasteiger partial charge in [0.2, 0.25) is 11.8 Å². The highest BCUT2D eigenvalue weighted by atomic mass is 79.9. The molecule has 1 aromatic rings. The van der Waals surface area contributed by atoms with Gasteiger partial charge in [-0.25, -0.2) is 0 Å². The van der Waals surface area contributed by atoms with Crippen LogP contribution in [-0.4, -0.2) is 43.4 Å². The van der Waals surface area contributed by atoms with Crippen LogP contribution in [0.2, 0.25) is 0 Å². The van der Waals surface area contributed by atoms with E-state index < -0.39 is 0 Å². The van der Waals surface area contributed by atoms with Crippen molar-refractivity contribution >= 4 is 39.1 Å². The van der Waals surface area contributed by atoms with Gasteiger partial charge in [-0.2, -0.15) is 0 Å². The minimum atomic E-state index is -0.189. The SMILES string of the molecule is CCCNC(=O)CN(C)CC(=O)Nc1ccc(N)cc1Br. The highest BCUT2D eigenvalue weighted by molar-refractivity contribution is 9.10. The van der Waals surface area contributed by atoms with Crippen LogP contribution in [0.4, 0.5) is 11.4 Å². The minimum absolute atomic E-state index is 0.0826. The lowest BCUT2D eigenvalue weighted by Gasteiger charge is -2.16.